The van der Waals surface area contributed by atoms with Gasteiger partial charge in [-0.05, 0) is 18.2 Å². The van der Waals surface area contributed by atoms with Crippen LogP contribution >= 0.6 is 23.4 Å². The molecule has 24 heavy (non-hydrogen) atoms. The van der Waals surface area contributed by atoms with Gasteiger partial charge in [0.05, 0.1) is 22.6 Å². The van der Waals surface area contributed by atoms with E-state index in [4.69, 9.17) is 11.6 Å². The minimum absolute atomic E-state index is 0.0193. The van der Waals surface area contributed by atoms with Crippen molar-refractivity contribution in [1.82, 2.24) is 0 Å². The number of sulfone groups is 1. The third-order valence-electron chi connectivity index (χ3n) is 3.95. The van der Waals surface area contributed by atoms with Gasteiger partial charge in [0.25, 0.3) is 5.91 Å². The Hall–Kier alpha value is -1.12. The fourth-order valence-corrected chi connectivity index (χ4v) is 6.82. The van der Waals surface area contributed by atoms with Gasteiger partial charge < -0.3 is 4.90 Å². The average Bonchev–Trinajstić information content (AvgIpc) is 2.93. The lowest BCUT2D eigenvalue weighted by atomic mass is 10.2. The van der Waals surface area contributed by atoms with Crippen LogP contribution in [-0.2, 0) is 14.6 Å². The molecule has 3 rings (SSSR count). The number of benzene rings is 1. The van der Waals surface area contributed by atoms with Crippen LogP contribution in [0.4, 0.5) is 10.1 Å². The molecule has 130 valence electrons. The first kappa shape index (κ1) is 17.7. The van der Waals surface area contributed by atoms with Gasteiger partial charge in [0.2, 0.25) is 0 Å². The number of fused-ring (bicyclic) bond motifs is 1. The Labute approximate surface area is 149 Å². The first-order valence-electron chi connectivity index (χ1n) is 7.42. The Morgan fingerprint density at radius 1 is 1.42 bits per heavy atom. The molecule has 2 heterocycles. The maximum absolute atomic E-state index is 13.5. The summed E-state index contributed by atoms with van der Waals surface area (Å²) in [5.74, 6) is -1.07. The second kappa shape index (κ2) is 6.31. The molecule has 0 unspecified atom stereocenters. The van der Waals surface area contributed by atoms with E-state index in [1.54, 1.807) is 18.7 Å². The van der Waals surface area contributed by atoms with Crippen molar-refractivity contribution in [2.75, 3.05) is 16.4 Å². The lowest BCUT2D eigenvalue weighted by Crippen LogP contribution is -2.37. The minimum Gasteiger partial charge on any atom is -0.316 e. The summed E-state index contributed by atoms with van der Waals surface area (Å²) in [6, 6.07) is 3.84. The van der Waals surface area contributed by atoms with Crippen molar-refractivity contribution in [3.05, 3.63) is 29.0 Å². The van der Waals surface area contributed by atoms with E-state index in [1.165, 1.54) is 30.0 Å². The smallest absolute Gasteiger partial charge is 0.250 e. The molecule has 2 aliphatic rings. The van der Waals surface area contributed by atoms with E-state index in [-0.39, 0.29) is 39.6 Å². The SMILES string of the molecule is CC(C)C(=O)N=C1S[C@@H]2CS(=O)(=O)C[C@H]2N1c1ccc(F)c(Cl)c1. The molecule has 5 nitrogen and oxygen atoms in total. The van der Waals surface area contributed by atoms with Crippen LogP contribution in [0.15, 0.2) is 23.2 Å². The Balaban J connectivity index is 2.04. The lowest BCUT2D eigenvalue weighted by molar-refractivity contribution is -0.120. The van der Waals surface area contributed by atoms with Crippen molar-refractivity contribution in [3.8, 4) is 0 Å². The molecule has 2 atom stereocenters. The number of amides is 1. The number of thioether (sulfide) groups is 1. The Morgan fingerprint density at radius 2 is 2.12 bits per heavy atom. The third-order valence-corrected chi connectivity index (χ3v) is 7.45. The van der Waals surface area contributed by atoms with Gasteiger partial charge in [-0.1, -0.05) is 37.2 Å². The highest BCUT2D eigenvalue weighted by molar-refractivity contribution is 8.16. The highest BCUT2D eigenvalue weighted by Gasteiger charge is 2.49. The summed E-state index contributed by atoms with van der Waals surface area (Å²) < 4.78 is 37.3. The maximum Gasteiger partial charge on any atom is 0.250 e. The normalized spacial score (nSPS) is 27.0. The van der Waals surface area contributed by atoms with Gasteiger partial charge in [0, 0.05) is 16.9 Å². The molecule has 2 aliphatic heterocycles. The molecule has 1 amide bonds. The quantitative estimate of drug-likeness (QED) is 0.776. The van der Waals surface area contributed by atoms with E-state index in [0.29, 0.717) is 10.9 Å². The van der Waals surface area contributed by atoms with Gasteiger partial charge in [-0.2, -0.15) is 4.99 Å². The largest absolute Gasteiger partial charge is 0.316 e. The van der Waals surface area contributed by atoms with Gasteiger partial charge in [-0.25, -0.2) is 12.8 Å². The Kier molecular flexibility index (Phi) is 4.65. The Bertz CT molecular complexity index is 826. The maximum atomic E-state index is 13.5. The van der Waals surface area contributed by atoms with Gasteiger partial charge in [-0.15, -0.1) is 0 Å². The molecule has 1 aromatic rings. The molecule has 0 spiro atoms. The number of halogens is 2. The van der Waals surface area contributed by atoms with E-state index in [0.717, 1.165) is 0 Å². The highest BCUT2D eigenvalue weighted by atomic mass is 35.5. The molecule has 0 aliphatic carbocycles. The second-order valence-electron chi connectivity index (χ2n) is 6.16. The van der Waals surface area contributed by atoms with Gasteiger partial charge in [0.1, 0.15) is 5.82 Å². The number of rotatable bonds is 2. The van der Waals surface area contributed by atoms with Crippen LogP contribution in [-0.4, -0.2) is 42.3 Å². The van der Waals surface area contributed by atoms with Gasteiger partial charge in [-0.3, -0.25) is 4.79 Å². The van der Waals surface area contributed by atoms with Crippen LogP contribution in [0.25, 0.3) is 0 Å². The summed E-state index contributed by atoms with van der Waals surface area (Å²) in [6.45, 7) is 3.49. The van der Waals surface area contributed by atoms with Crippen molar-refractivity contribution in [3.63, 3.8) is 0 Å². The first-order valence-corrected chi connectivity index (χ1v) is 10.5. The number of aliphatic imine (C=N–C) groups is 1. The summed E-state index contributed by atoms with van der Waals surface area (Å²) in [5.41, 5.74) is 0.536. The van der Waals surface area contributed by atoms with E-state index in [1.807, 2.05) is 0 Å². The number of carbonyl (C=O) groups excluding carboxylic acids is 1. The second-order valence-corrected chi connectivity index (χ2v) is 9.92. The summed E-state index contributed by atoms with van der Waals surface area (Å²) >= 11 is 7.14. The molecule has 1 aromatic carbocycles. The number of anilines is 1. The van der Waals surface area contributed by atoms with Crippen LogP contribution in [0.3, 0.4) is 0 Å². The standard InChI is InChI=1S/C15H16ClFN2O3S2/c1-8(2)14(20)18-15-19(9-3-4-11(17)10(16)5-9)12-6-24(21,22)7-13(12)23-15/h3-5,8,12-13H,6-7H2,1-2H3/t12-,13-/m1/s1. The fraction of sp³-hybridized carbons (Fsp3) is 0.467. The summed E-state index contributed by atoms with van der Waals surface area (Å²) in [6.07, 6.45) is 0. The molecular formula is C15H16ClFN2O3S2. The Morgan fingerprint density at radius 3 is 2.75 bits per heavy atom. The fourth-order valence-electron chi connectivity index (χ4n) is 2.72. The molecule has 0 N–H and O–H groups in total. The van der Waals surface area contributed by atoms with E-state index in [9.17, 15) is 17.6 Å². The zero-order chi connectivity index (χ0) is 17.6. The molecule has 0 saturated carbocycles. The van der Waals surface area contributed by atoms with Crippen molar-refractivity contribution in [2.24, 2.45) is 10.9 Å². The van der Waals surface area contributed by atoms with Crippen molar-refractivity contribution < 1.29 is 17.6 Å². The summed E-state index contributed by atoms with van der Waals surface area (Å²) in [7, 11) is -3.14. The highest BCUT2D eigenvalue weighted by Crippen LogP contribution is 2.41. The van der Waals surface area contributed by atoms with Gasteiger partial charge in [0.15, 0.2) is 15.0 Å². The third kappa shape index (κ3) is 3.32. The summed E-state index contributed by atoms with van der Waals surface area (Å²) in [5, 5.41) is 0.190. The number of nitrogens with zero attached hydrogens (tertiary/aromatic N) is 2. The van der Waals surface area contributed by atoms with E-state index >= 15 is 0 Å². The molecular weight excluding hydrogens is 375 g/mol. The van der Waals surface area contributed by atoms with E-state index in [2.05, 4.69) is 4.99 Å². The van der Waals surface area contributed by atoms with E-state index < -0.39 is 15.7 Å². The predicted octanol–water partition coefficient (Wildman–Crippen LogP) is 2.74. The molecule has 2 fully saturated rings. The topological polar surface area (TPSA) is 66.8 Å². The molecule has 0 bridgehead atoms. The van der Waals surface area contributed by atoms with Crippen LogP contribution in [0, 0.1) is 11.7 Å². The number of amidine groups is 1. The number of carbonyl (C=O) groups is 1. The zero-order valence-electron chi connectivity index (χ0n) is 13.1. The van der Waals surface area contributed by atoms with Crippen molar-refractivity contribution >= 4 is 50.0 Å². The van der Waals surface area contributed by atoms with Crippen molar-refractivity contribution in [1.29, 1.82) is 0 Å². The summed E-state index contributed by atoms with van der Waals surface area (Å²) in [4.78, 5) is 17.9. The van der Waals surface area contributed by atoms with Crippen molar-refractivity contribution in [2.45, 2.75) is 25.1 Å². The number of hydrogen-bond donors (Lipinski definition) is 0. The minimum atomic E-state index is -3.14. The monoisotopic (exact) mass is 390 g/mol. The molecule has 0 aromatic heterocycles. The van der Waals surface area contributed by atoms with Gasteiger partial charge >= 0.3 is 0 Å². The van der Waals surface area contributed by atoms with Crippen LogP contribution in [0.1, 0.15) is 13.8 Å². The van der Waals surface area contributed by atoms with Crippen LogP contribution in [0.2, 0.25) is 5.02 Å². The van der Waals surface area contributed by atoms with Crippen LogP contribution in [0.5, 0.6) is 0 Å². The molecule has 9 heteroatoms. The first-order chi connectivity index (χ1) is 11.2. The molecule has 0 radical (unpaired) electrons. The molecule has 2 saturated heterocycles. The van der Waals surface area contributed by atoms with Crippen LogP contribution < -0.4 is 4.90 Å². The zero-order valence-corrected chi connectivity index (χ0v) is 15.5. The predicted molar refractivity (Wildman–Crippen MR) is 95.0 cm³/mol. The lowest BCUT2D eigenvalue weighted by Gasteiger charge is -2.24. The average molecular weight is 391 g/mol. The number of hydrogen-bond acceptors (Lipinski definition) is 4.